The Morgan fingerprint density at radius 1 is 1.40 bits per heavy atom. The monoisotopic (exact) mass is 222 g/mol. The van der Waals surface area contributed by atoms with E-state index in [1.807, 2.05) is 12.1 Å². The van der Waals surface area contributed by atoms with E-state index in [1.165, 1.54) is 4.88 Å². The fourth-order valence-electron chi connectivity index (χ4n) is 1.61. The van der Waals surface area contributed by atoms with Crippen LogP contribution in [0.4, 0.5) is 0 Å². The molecular weight excluding hydrogens is 204 g/mol. The molecule has 0 aliphatic heterocycles. The predicted octanol–water partition coefficient (Wildman–Crippen LogP) is 3.46. The number of rotatable bonds is 5. The standard InChI is InChI=1S/C12H18N2S/c1-4-10(5-2)14-9(3)12-7-6-11(8-13)15-12/h6-7,9-10,14H,4-5H2,1-3H3. The van der Waals surface area contributed by atoms with Crippen LogP contribution in [-0.2, 0) is 0 Å². The van der Waals surface area contributed by atoms with E-state index in [2.05, 4.69) is 32.2 Å². The van der Waals surface area contributed by atoms with Crippen molar-refractivity contribution in [3.63, 3.8) is 0 Å². The number of nitrogens with zero attached hydrogens (tertiary/aromatic N) is 1. The molecule has 0 aliphatic carbocycles. The van der Waals surface area contributed by atoms with Gasteiger partial charge in [0.15, 0.2) is 0 Å². The van der Waals surface area contributed by atoms with Gasteiger partial charge in [-0.15, -0.1) is 11.3 Å². The molecule has 0 fully saturated rings. The largest absolute Gasteiger partial charge is 0.307 e. The zero-order chi connectivity index (χ0) is 11.3. The summed E-state index contributed by atoms with van der Waals surface area (Å²) >= 11 is 1.58. The number of hydrogen-bond donors (Lipinski definition) is 1. The normalized spacial score (nSPS) is 12.7. The highest BCUT2D eigenvalue weighted by Crippen LogP contribution is 2.23. The third-order valence-electron chi connectivity index (χ3n) is 2.64. The summed E-state index contributed by atoms with van der Waals surface area (Å²) in [5.41, 5.74) is 0. The maximum atomic E-state index is 8.75. The van der Waals surface area contributed by atoms with Crippen LogP contribution >= 0.6 is 11.3 Å². The van der Waals surface area contributed by atoms with Crippen LogP contribution in [0.25, 0.3) is 0 Å². The molecule has 15 heavy (non-hydrogen) atoms. The second-order valence-electron chi connectivity index (χ2n) is 3.72. The van der Waals surface area contributed by atoms with Crippen molar-refractivity contribution in [1.29, 1.82) is 5.26 Å². The third-order valence-corrected chi connectivity index (χ3v) is 3.81. The first-order chi connectivity index (χ1) is 7.21. The van der Waals surface area contributed by atoms with Gasteiger partial charge in [-0.25, -0.2) is 0 Å². The van der Waals surface area contributed by atoms with Crippen LogP contribution in [0.15, 0.2) is 12.1 Å². The van der Waals surface area contributed by atoms with Gasteiger partial charge in [0, 0.05) is 17.0 Å². The lowest BCUT2D eigenvalue weighted by Gasteiger charge is -2.19. The number of thiophene rings is 1. The quantitative estimate of drug-likeness (QED) is 0.828. The molecule has 0 spiro atoms. The highest BCUT2D eigenvalue weighted by Gasteiger charge is 2.12. The summed E-state index contributed by atoms with van der Waals surface area (Å²) in [6, 6.07) is 7.04. The fourth-order valence-corrected chi connectivity index (χ4v) is 2.42. The lowest BCUT2D eigenvalue weighted by atomic mass is 10.1. The minimum atomic E-state index is 0.349. The number of nitrogens with one attached hydrogen (secondary N) is 1. The topological polar surface area (TPSA) is 35.8 Å². The van der Waals surface area contributed by atoms with Gasteiger partial charge in [0.2, 0.25) is 0 Å². The molecule has 0 saturated carbocycles. The average Bonchev–Trinajstić information content (AvgIpc) is 2.74. The zero-order valence-corrected chi connectivity index (χ0v) is 10.4. The minimum absolute atomic E-state index is 0.349. The molecule has 1 aromatic heterocycles. The van der Waals surface area contributed by atoms with Gasteiger partial charge in [0.25, 0.3) is 0 Å². The maximum Gasteiger partial charge on any atom is 0.110 e. The molecule has 1 N–H and O–H groups in total. The van der Waals surface area contributed by atoms with Crippen molar-refractivity contribution in [2.45, 2.75) is 45.7 Å². The number of nitriles is 1. The molecule has 1 heterocycles. The van der Waals surface area contributed by atoms with Crippen LogP contribution in [0.1, 0.15) is 49.4 Å². The van der Waals surface area contributed by atoms with E-state index >= 15 is 0 Å². The number of hydrogen-bond acceptors (Lipinski definition) is 3. The summed E-state index contributed by atoms with van der Waals surface area (Å²) in [5.74, 6) is 0. The van der Waals surface area contributed by atoms with Crippen LogP contribution in [0.3, 0.4) is 0 Å². The SMILES string of the molecule is CCC(CC)NC(C)c1ccc(C#N)s1. The highest BCUT2D eigenvalue weighted by atomic mass is 32.1. The Bertz CT molecular complexity index is 334. The molecule has 2 nitrogen and oxygen atoms in total. The molecule has 1 rings (SSSR count). The second kappa shape index (κ2) is 5.89. The van der Waals surface area contributed by atoms with E-state index < -0.39 is 0 Å². The molecule has 1 aromatic rings. The lowest BCUT2D eigenvalue weighted by molar-refractivity contribution is 0.436. The van der Waals surface area contributed by atoms with Crippen molar-refractivity contribution in [3.8, 4) is 6.07 Å². The predicted molar refractivity (Wildman–Crippen MR) is 65.0 cm³/mol. The van der Waals surface area contributed by atoms with Gasteiger partial charge >= 0.3 is 0 Å². The molecule has 1 atom stereocenters. The van der Waals surface area contributed by atoms with Crippen molar-refractivity contribution < 1.29 is 0 Å². The highest BCUT2D eigenvalue weighted by molar-refractivity contribution is 7.12. The van der Waals surface area contributed by atoms with Crippen molar-refractivity contribution in [1.82, 2.24) is 5.32 Å². The van der Waals surface area contributed by atoms with Crippen molar-refractivity contribution in [3.05, 3.63) is 21.9 Å². The summed E-state index contributed by atoms with van der Waals surface area (Å²) < 4.78 is 0. The van der Waals surface area contributed by atoms with Crippen molar-refractivity contribution >= 4 is 11.3 Å². The Morgan fingerprint density at radius 3 is 2.53 bits per heavy atom. The van der Waals surface area contributed by atoms with Gasteiger partial charge in [-0.3, -0.25) is 0 Å². The zero-order valence-electron chi connectivity index (χ0n) is 9.58. The minimum Gasteiger partial charge on any atom is -0.307 e. The summed E-state index contributed by atoms with van der Waals surface area (Å²) in [6.45, 7) is 6.55. The summed E-state index contributed by atoms with van der Waals surface area (Å²) in [7, 11) is 0. The average molecular weight is 222 g/mol. The molecule has 0 saturated heterocycles. The van der Waals surface area contributed by atoms with Gasteiger partial charge < -0.3 is 5.32 Å². The Balaban J connectivity index is 2.60. The molecule has 0 bridgehead atoms. The Morgan fingerprint density at radius 2 is 2.07 bits per heavy atom. The summed E-state index contributed by atoms with van der Waals surface area (Å²) in [5, 5.41) is 12.3. The lowest BCUT2D eigenvalue weighted by Crippen LogP contribution is -2.29. The van der Waals surface area contributed by atoms with Crippen LogP contribution < -0.4 is 5.32 Å². The van der Waals surface area contributed by atoms with E-state index in [9.17, 15) is 0 Å². The summed E-state index contributed by atoms with van der Waals surface area (Å²) in [4.78, 5) is 2.04. The first-order valence-electron chi connectivity index (χ1n) is 5.47. The van der Waals surface area contributed by atoms with Gasteiger partial charge in [-0.2, -0.15) is 5.26 Å². The molecule has 1 unspecified atom stereocenters. The van der Waals surface area contributed by atoms with Crippen LogP contribution in [0, 0.1) is 11.3 Å². The van der Waals surface area contributed by atoms with Crippen molar-refractivity contribution in [2.24, 2.45) is 0 Å². The van der Waals surface area contributed by atoms with E-state index in [0.717, 1.165) is 17.7 Å². The molecule has 0 aliphatic rings. The molecule has 82 valence electrons. The third kappa shape index (κ3) is 3.33. The maximum absolute atomic E-state index is 8.75. The second-order valence-corrected chi connectivity index (χ2v) is 4.83. The van der Waals surface area contributed by atoms with Gasteiger partial charge in [-0.05, 0) is 31.9 Å². The molecule has 0 amide bonds. The van der Waals surface area contributed by atoms with E-state index in [0.29, 0.717) is 12.1 Å². The first kappa shape index (κ1) is 12.2. The molecule has 0 aromatic carbocycles. The van der Waals surface area contributed by atoms with Gasteiger partial charge in [0.05, 0.1) is 0 Å². The van der Waals surface area contributed by atoms with E-state index in [1.54, 1.807) is 11.3 Å². The smallest absolute Gasteiger partial charge is 0.110 e. The van der Waals surface area contributed by atoms with Gasteiger partial charge in [-0.1, -0.05) is 13.8 Å². The summed E-state index contributed by atoms with van der Waals surface area (Å²) in [6.07, 6.45) is 2.30. The van der Waals surface area contributed by atoms with Crippen molar-refractivity contribution in [2.75, 3.05) is 0 Å². The van der Waals surface area contributed by atoms with Crippen LogP contribution in [0.2, 0.25) is 0 Å². The Hall–Kier alpha value is -0.850. The Kier molecular flexibility index (Phi) is 4.80. The van der Waals surface area contributed by atoms with Crippen LogP contribution in [0.5, 0.6) is 0 Å². The molecule has 0 radical (unpaired) electrons. The van der Waals surface area contributed by atoms with E-state index in [4.69, 9.17) is 5.26 Å². The van der Waals surface area contributed by atoms with Gasteiger partial charge in [0.1, 0.15) is 10.9 Å². The first-order valence-corrected chi connectivity index (χ1v) is 6.28. The van der Waals surface area contributed by atoms with Crippen LogP contribution in [-0.4, -0.2) is 6.04 Å². The fraction of sp³-hybridized carbons (Fsp3) is 0.583. The molecule has 3 heteroatoms. The van der Waals surface area contributed by atoms with E-state index in [-0.39, 0.29) is 0 Å². The Labute approximate surface area is 95.9 Å². The molecular formula is C12H18N2S.